The number of fused-ring (bicyclic) bond motifs is 1. The minimum absolute atomic E-state index is 0.0745. The van der Waals surface area contributed by atoms with Crippen molar-refractivity contribution in [2.24, 2.45) is 0 Å². The van der Waals surface area contributed by atoms with Crippen molar-refractivity contribution in [2.45, 2.75) is 20.0 Å². The predicted molar refractivity (Wildman–Crippen MR) is 80.1 cm³/mol. The second kappa shape index (κ2) is 5.83. The number of aromatic nitrogens is 3. The van der Waals surface area contributed by atoms with E-state index in [4.69, 9.17) is 11.6 Å². The lowest BCUT2D eigenvalue weighted by Gasteiger charge is -2.26. The second-order valence-corrected chi connectivity index (χ2v) is 5.56. The number of amides is 1. The number of carbonyl (C=O) groups is 1. The topological polar surface area (TPSA) is 63.1 Å². The molecule has 3 rings (SSSR count). The standard InChI is InChI=1S/C14H16ClN5O/c1-10-6-12-8-19(4-5-20(12)18-10)9-14(21)17-13-3-2-11(15)7-16-13/h2-3,6-7H,4-5,8-9H2,1H3,(H,16,17,21). The first-order valence-electron chi connectivity index (χ1n) is 6.77. The molecule has 110 valence electrons. The van der Waals surface area contributed by atoms with Crippen LogP contribution in [0.5, 0.6) is 0 Å². The number of halogens is 1. The first-order chi connectivity index (χ1) is 10.1. The van der Waals surface area contributed by atoms with Gasteiger partial charge in [0, 0.05) is 19.3 Å². The van der Waals surface area contributed by atoms with Gasteiger partial charge in [0.2, 0.25) is 5.91 Å². The number of hydrogen-bond donors (Lipinski definition) is 1. The van der Waals surface area contributed by atoms with Crippen molar-refractivity contribution in [1.29, 1.82) is 0 Å². The summed E-state index contributed by atoms with van der Waals surface area (Å²) in [5.74, 6) is 0.441. The minimum Gasteiger partial charge on any atom is -0.310 e. The Hall–Kier alpha value is -1.92. The number of anilines is 1. The van der Waals surface area contributed by atoms with Crippen LogP contribution in [0, 0.1) is 6.92 Å². The second-order valence-electron chi connectivity index (χ2n) is 5.12. The maximum absolute atomic E-state index is 12.0. The number of nitrogens with zero attached hydrogens (tertiary/aromatic N) is 4. The Morgan fingerprint density at radius 3 is 3.05 bits per heavy atom. The molecule has 6 nitrogen and oxygen atoms in total. The van der Waals surface area contributed by atoms with E-state index in [0.717, 1.165) is 31.0 Å². The van der Waals surface area contributed by atoms with Crippen LogP contribution in [0.4, 0.5) is 5.82 Å². The molecule has 1 N–H and O–H groups in total. The van der Waals surface area contributed by atoms with E-state index in [2.05, 4.69) is 26.4 Å². The third-order valence-corrected chi connectivity index (χ3v) is 3.58. The van der Waals surface area contributed by atoms with Crippen LogP contribution in [-0.2, 0) is 17.9 Å². The summed E-state index contributed by atoms with van der Waals surface area (Å²) in [6, 6.07) is 5.45. The molecule has 0 saturated heterocycles. The fourth-order valence-electron chi connectivity index (χ4n) is 2.43. The molecule has 0 bridgehead atoms. The van der Waals surface area contributed by atoms with Gasteiger partial charge in [-0.15, -0.1) is 0 Å². The van der Waals surface area contributed by atoms with E-state index in [-0.39, 0.29) is 5.91 Å². The van der Waals surface area contributed by atoms with Gasteiger partial charge in [0.1, 0.15) is 5.82 Å². The molecule has 21 heavy (non-hydrogen) atoms. The highest BCUT2D eigenvalue weighted by Crippen LogP contribution is 2.13. The number of carbonyl (C=O) groups excluding carboxylic acids is 1. The number of nitrogens with one attached hydrogen (secondary N) is 1. The summed E-state index contributed by atoms with van der Waals surface area (Å²) in [7, 11) is 0. The fourth-order valence-corrected chi connectivity index (χ4v) is 2.55. The van der Waals surface area contributed by atoms with E-state index in [1.807, 2.05) is 11.6 Å². The number of rotatable bonds is 3. The Morgan fingerprint density at radius 1 is 1.43 bits per heavy atom. The Labute approximate surface area is 127 Å². The molecule has 2 aromatic rings. The van der Waals surface area contributed by atoms with Crippen molar-refractivity contribution in [2.75, 3.05) is 18.4 Å². The van der Waals surface area contributed by atoms with Gasteiger partial charge in [0.25, 0.3) is 0 Å². The lowest BCUT2D eigenvalue weighted by atomic mass is 10.3. The van der Waals surface area contributed by atoms with Crippen molar-refractivity contribution < 1.29 is 4.79 Å². The van der Waals surface area contributed by atoms with Crippen molar-refractivity contribution >= 4 is 23.3 Å². The zero-order valence-electron chi connectivity index (χ0n) is 11.7. The molecule has 7 heteroatoms. The van der Waals surface area contributed by atoms with Crippen LogP contribution in [0.15, 0.2) is 24.4 Å². The fraction of sp³-hybridized carbons (Fsp3) is 0.357. The third-order valence-electron chi connectivity index (χ3n) is 3.36. The third kappa shape index (κ3) is 3.40. The molecule has 3 heterocycles. The highest BCUT2D eigenvalue weighted by molar-refractivity contribution is 6.30. The van der Waals surface area contributed by atoms with Gasteiger partial charge in [-0.3, -0.25) is 14.4 Å². The van der Waals surface area contributed by atoms with E-state index < -0.39 is 0 Å². The van der Waals surface area contributed by atoms with Crippen molar-refractivity contribution in [1.82, 2.24) is 19.7 Å². The van der Waals surface area contributed by atoms with Crippen LogP contribution in [0.2, 0.25) is 5.02 Å². The van der Waals surface area contributed by atoms with Crippen LogP contribution in [-0.4, -0.2) is 38.7 Å². The first kappa shape index (κ1) is 14.0. The zero-order valence-corrected chi connectivity index (χ0v) is 12.5. The summed E-state index contributed by atoms with van der Waals surface area (Å²) in [6.07, 6.45) is 1.51. The maximum Gasteiger partial charge on any atom is 0.239 e. The largest absolute Gasteiger partial charge is 0.310 e. The highest BCUT2D eigenvalue weighted by atomic mass is 35.5. The molecule has 2 aromatic heterocycles. The van der Waals surface area contributed by atoms with Gasteiger partial charge >= 0.3 is 0 Å². The molecule has 0 unspecified atom stereocenters. The summed E-state index contributed by atoms with van der Waals surface area (Å²) < 4.78 is 2.00. The van der Waals surface area contributed by atoms with Crippen LogP contribution >= 0.6 is 11.6 Å². The van der Waals surface area contributed by atoms with Crippen molar-refractivity contribution in [3.63, 3.8) is 0 Å². The van der Waals surface area contributed by atoms with Gasteiger partial charge in [0.05, 0.1) is 29.5 Å². The molecule has 1 aliphatic heterocycles. The van der Waals surface area contributed by atoms with E-state index in [1.165, 1.54) is 6.20 Å². The quantitative estimate of drug-likeness (QED) is 0.937. The lowest BCUT2D eigenvalue weighted by molar-refractivity contribution is -0.117. The zero-order chi connectivity index (χ0) is 14.8. The Balaban J connectivity index is 1.57. The van der Waals surface area contributed by atoms with Crippen LogP contribution in [0.1, 0.15) is 11.4 Å². The van der Waals surface area contributed by atoms with Gasteiger partial charge in [-0.1, -0.05) is 11.6 Å². The van der Waals surface area contributed by atoms with E-state index >= 15 is 0 Å². The summed E-state index contributed by atoms with van der Waals surface area (Å²) in [5.41, 5.74) is 2.16. The Bertz CT molecular complexity index is 652. The summed E-state index contributed by atoms with van der Waals surface area (Å²) in [4.78, 5) is 18.2. The molecular formula is C14H16ClN5O. The molecule has 0 spiro atoms. The van der Waals surface area contributed by atoms with Crippen LogP contribution in [0.25, 0.3) is 0 Å². The number of aryl methyl sites for hydroxylation is 1. The molecule has 1 amide bonds. The van der Waals surface area contributed by atoms with Gasteiger partial charge < -0.3 is 5.32 Å². The lowest BCUT2D eigenvalue weighted by Crippen LogP contribution is -2.39. The number of hydrogen-bond acceptors (Lipinski definition) is 4. The average Bonchev–Trinajstić information content (AvgIpc) is 2.80. The summed E-state index contributed by atoms with van der Waals surface area (Å²) in [6.45, 7) is 4.69. The predicted octanol–water partition coefficient (Wildman–Crippen LogP) is 1.69. The molecule has 0 aromatic carbocycles. The van der Waals surface area contributed by atoms with Crippen LogP contribution < -0.4 is 5.32 Å². The smallest absolute Gasteiger partial charge is 0.239 e. The molecule has 1 aliphatic rings. The minimum atomic E-state index is -0.0745. The molecular weight excluding hydrogens is 290 g/mol. The molecule has 0 fully saturated rings. The molecule has 0 saturated carbocycles. The molecule has 0 radical (unpaired) electrons. The maximum atomic E-state index is 12.0. The average molecular weight is 306 g/mol. The van der Waals surface area contributed by atoms with Crippen molar-refractivity contribution in [3.8, 4) is 0 Å². The normalized spacial score (nSPS) is 14.8. The summed E-state index contributed by atoms with van der Waals surface area (Å²) in [5, 5.41) is 7.73. The van der Waals surface area contributed by atoms with Crippen LogP contribution in [0.3, 0.4) is 0 Å². The SMILES string of the molecule is Cc1cc2n(n1)CCN(CC(=O)Nc1ccc(Cl)cn1)C2. The molecule has 0 aliphatic carbocycles. The van der Waals surface area contributed by atoms with Gasteiger partial charge in [-0.05, 0) is 25.1 Å². The summed E-state index contributed by atoms with van der Waals surface area (Å²) >= 11 is 5.76. The highest BCUT2D eigenvalue weighted by Gasteiger charge is 2.19. The number of pyridine rings is 1. The Kier molecular flexibility index (Phi) is 3.90. The van der Waals surface area contributed by atoms with E-state index in [1.54, 1.807) is 12.1 Å². The van der Waals surface area contributed by atoms with Gasteiger partial charge in [0.15, 0.2) is 0 Å². The van der Waals surface area contributed by atoms with Gasteiger partial charge in [-0.25, -0.2) is 4.98 Å². The first-order valence-corrected chi connectivity index (χ1v) is 7.15. The van der Waals surface area contributed by atoms with E-state index in [0.29, 0.717) is 17.4 Å². The monoisotopic (exact) mass is 305 g/mol. The van der Waals surface area contributed by atoms with Crippen molar-refractivity contribution in [3.05, 3.63) is 40.8 Å². The van der Waals surface area contributed by atoms with Gasteiger partial charge in [-0.2, -0.15) is 5.10 Å². The van der Waals surface area contributed by atoms with E-state index in [9.17, 15) is 4.79 Å². The Morgan fingerprint density at radius 2 is 2.29 bits per heavy atom. The molecule has 0 atom stereocenters.